The number of carbonyl (C=O) groups excluding carboxylic acids is 1. The summed E-state index contributed by atoms with van der Waals surface area (Å²) in [5, 5.41) is 3.26. The quantitative estimate of drug-likeness (QED) is 0.613. The van der Waals surface area contributed by atoms with Gasteiger partial charge in [-0.05, 0) is 32.7 Å². The number of hydrogen-bond acceptors (Lipinski definition) is 5. The molecule has 0 bridgehead atoms. The maximum atomic E-state index is 11.3. The van der Waals surface area contributed by atoms with Crippen molar-refractivity contribution in [2.24, 2.45) is 0 Å². The molecule has 0 aromatic heterocycles. The lowest BCUT2D eigenvalue weighted by Gasteiger charge is -2.11. The van der Waals surface area contributed by atoms with Gasteiger partial charge in [0.05, 0.1) is 6.61 Å². The highest BCUT2D eigenvalue weighted by Crippen LogP contribution is 2.07. The summed E-state index contributed by atoms with van der Waals surface area (Å²) in [6, 6.07) is 0.361. The van der Waals surface area contributed by atoms with Crippen LogP contribution >= 0.6 is 0 Å². The Labute approximate surface area is 101 Å². The third-order valence-corrected chi connectivity index (χ3v) is 3.46. The molecule has 1 unspecified atom stereocenters. The molecule has 0 saturated carbocycles. The summed E-state index contributed by atoms with van der Waals surface area (Å²) in [5.74, 6) is 0. The van der Waals surface area contributed by atoms with E-state index >= 15 is 0 Å². The van der Waals surface area contributed by atoms with Crippen molar-refractivity contribution in [3.05, 3.63) is 0 Å². The molecule has 0 aromatic rings. The molecular weight excluding hydrogens is 246 g/mol. The minimum atomic E-state index is -3.80. The van der Waals surface area contributed by atoms with Crippen LogP contribution in [0.2, 0.25) is 0 Å². The molecule has 100 valence electrons. The van der Waals surface area contributed by atoms with Crippen molar-refractivity contribution in [1.82, 2.24) is 14.8 Å². The van der Waals surface area contributed by atoms with E-state index in [9.17, 15) is 13.2 Å². The summed E-state index contributed by atoms with van der Waals surface area (Å²) < 4.78 is 31.2. The first-order valence-electron chi connectivity index (χ1n) is 5.71. The highest BCUT2D eigenvalue weighted by atomic mass is 32.2. The van der Waals surface area contributed by atoms with Gasteiger partial charge < -0.3 is 10.1 Å². The second-order valence-electron chi connectivity index (χ2n) is 3.80. The molecule has 1 fully saturated rings. The van der Waals surface area contributed by atoms with Crippen LogP contribution in [0.1, 0.15) is 26.2 Å². The number of carbonyl (C=O) groups is 1. The molecule has 7 nitrogen and oxygen atoms in total. The van der Waals surface area contributed by atoms with Gasteiger partial charge in [-0.3, -0.25) is 0 Å². The number of nitrogens with one attached hydrogen (secondary N) is 3. The highest BCUT2D eigenvalue weighted by Gasteiger charge is 2.17. The van der Waals surface area contributed by atoms with Gasteiger partial charge in [0, 0.05) is 12.6 Å². The lowest BCUT2D eigenvalue weighted by Crippen LogP contribution is -2.41. The molecule has 1 saturated heterocycles. The highest BCUT2D eigenvalue weighted by molar-refractivity contribution is 7.88. The van der Waals surface area contributed by atoms with E-state index in [1.54, 1.807) is 11.6 Å². The monoisotopic (exact) mass is 265 g/mol. The Kier molecular flexibility index (Phi) is 5.66. The van der Waals surface area contributed by atoms with Crippen LogP contribution in [0.4, 0.5) is 4.79 Å². The molecule has 1 heterocycles. The standard InChI is InChI=1S/C9H19N3O4S/c1-2-16-9(13)12-17(14,15)11-7-5-8-4-3-6-10-8/h8,10-11H,2-7H2,1H3,(H,12,13). The van der Waals surface area contributed by atoms with Gasteiger partial charge in [-0.1, -0.05) is 0 Å². The molecule has 17 heavy (non-hydrogen) atoms. The molecule has 1 atom stereocenters. The van der Waals surface area contributed by atoms with Gasteiger partial charge in [0.1, 0.15) is 0 Å². The zero-order valence-corrected chi connectivity index (χ0v) is 10.7. The SMILES string of the molecule is CCOC(=O)NS(=O)(=O)NCCC1CCCN1. The fourth-order valence-electron chi connectivity index (χ4n) is 1.68. The van der Waals surface area contributed by atoms with Crippen molar-refractivity contribution in [3.8, 4) is 0 Å². The second kappa shape index (κ2) is 6.77. The number of ether oxygens (including phenoxy) is 1. The van der Waals surface area contributed by atoms with E-state index < -0.39 is 16.3 Å². The molecule has 1 amide bonds. The van der Waals surface area contributed by atoms with Crippen molar-refractivity contribution >= 4 is 16.3 Å². The van der Waals surface area contributed by atoms with Crippen molar-refractivity contribution in [3.63, 3.8) is 0 Å². The van der Waals surface area contributed by atoms with Crippen LogP contribution in [0, 0.1) is 0 Å². The summed E-state index contributed by atoms with van der Waals surface area (Å²) in [7, 11) is -3.80. The summed E-state index contributed by atoms with van der Waals surface area (Å²) in [6.07, 6.45) is 1.94. The van der Waals surface area contributed by atoms with Crippen LogP contribution in [-0.4, -0.2) is 40.2 Å². The van der Waals surface area contributed by atoms with Crippen LogP contribution in [-0.2, 0) is 14.9 Å². The van der Waals surface area contributed by atoms with Crippen LogP contribution in [0.15, 0.2) is 0 Å². The fourth-order valence-corrected chi connectivity index (χ4v) is 2.41. The number of amides is 1. The van der Waals surface area contributed by atoms with Gasteiger partial charge in [-0.15, -0.1) is 0 Å². The first-order valence-corrected chi connectivity index (χ1v) is 7.19. The summed E-state index contributed by atoms with van der Waals surface area (Å²) in [4.78, 5) is 10.9. The van der Waals surface area contributed by atoms with E-state index in [2.05, 4.69) is 14.8 Å². The van der Waals surface area contributed by atoms with E-state index in [-0.39, 0.29) is 6.61 Å². The smallest absolute Gasteiger partial charge is 0.421 e. The third-order valence-electron chi connectivity index (χ3n) is 2.44. The number of hydrogen-bond donors (Lipinski definition) is 3. The Hall–Kier alpha value is -0.860. The lowest BCUT2D eigenvalue weighted by atomic mass is 10.2. The zero-order chi connectivity index (χ0) is 12.7. The fraction of sp³-hybridized carbons (Fsp3) is 0.889. The van der Waals surface area contributed by atoms with E-state index in [1.807, 2.05) is 0 Å². The minimum Gasteiger partial charge on any atom is -0.449 e. The second-order valence-corrected chi connectivity index (χ2v) is 5.30. The molecule has 1 rings (SSSR count). The van der Waals surface area contributed by atoms with E-state index in [0.717, 1.165) is 19.4 Å². The first kappa shape index (κ1) is 14.2. The van der Waals surface area contributed by atoms with Crippen molar-refractivity contribution in [1.29, 1.82) is 0 Å². The molecule has 1 aliphatic rings. The van der Waals surface area contributed by atoms with Crippen molar-refractivity contribution in [2.75, 3.05) is 19.7 Å². The van der Waals surface area contributed by atoms with E-state index in [1.165, 1.54) is 0 Å². The van der Waals surface area contributed by atoms with Crippen LogP contribution < -0.4 is 14.8 Å². The first-order chi connectivity index (χ1) is 8.03. The molecular formula is C9H19N3O4S. The summed E-state index contributed by atoms with van der Waals surface area (Å²) in [6.45, 7) is 3.02. The Morgan fingerprint density at radius 2 is 2.29 bits per heavy atom. The van der Waals surface area contributed by atoms with Gasteiger partial charge >= 0.3 is 16.3 Å². The molecule has 0 spiro atoms. The zero-order valence-electron chi connectivity index (χ0n) is 9.86. The Bertz CT molecular complexity index is 338. The summed E-state index contributed by atoms with van der Waals surface area (Å²) in [5.41, 5.74) is 0. The van der Waals surface area contributed by atoms with Gasteiger partial charge in [-0.2, -0.15) is 13.1 Å². The van der Waals surface area contributed by atoms with Crippen LogP contribution in [0.25, 0.3) is 0 Å². The van der Waals surface area contributed by atoms with Gasteiger partial charge in [-0.25, -0.2) is 9.52 Å². The van der Waals surface area contributed by atoms with Crippen molar-refractivity contribution < 1.29 is 17.9 Å². The van der Waals surface area contributed by atoms with E-state index in [0.29, 0.717) is 19.0 Å². The van der Waals surface area contributed by atoms with Crippen LogP contribution in [0.5, 0.6) is 0 Å². The average molecular weight is 265 g/mol. The normalized spacial score (nSPS) is 20.2. The Balaban J connectivity index is 2.21. The molecule has 0 aliphatic carbocycles. The topological polar surface area (TPSA) is 96.5 Å². The van der Waals surface area contributed by atoms with Crippen LogP contribution in [0.3, 0.4) is 0 Å². The maximum Gasteiger partial charge on any atom is 0.421 e. The molecule has 0 radical (unpaired) electrons. The lowest BCUT2D eigenvalue weighted by molar-refractivity contribution is 0.158. The predicted molar refractivity (Wildman–Crippen MR) is 62.7 cm³/mol. The predicted octanol–water partition coefficient (Wildman–Crippen LogP) is -0.291. The average Bonchev–Trinajstić information content (AvgIpc) is 2.69. The molecule has 3 N–H and O–H groups in total. The molecule has 8 heteroatoms. The summed E-state index contributed by atoms with van der Waals surface area (Å²) >= 11 is 0. The van der Waals surface area contributed by atoms with E-state index in [4.69, 9.17) is 0 Å². The van der Waals surface area contributed by atoms with Gasteiger partial charge in [0.25, 0.3) is 0 Å². The molecule has 1 aliphatic heterocycles. The van der Waals surface area contributed by atoms with Gasteiger partial charge in [0.2, 0.25) is 0 Å². The largest absolute Gasteiger partial charge is 0.449 e. The third kappa shape index (κ3) is 5.85. The Morgan fingerprint density at radius 1 is 1.53 bits per heavy atom. The maximum absolute atomic E-state index is 11.3. The Morgan fingerprint density at radius 3 is 2.88 bits per heavy atom. The van der Waals surface area contributed by atoms with Gasteiger partial charge in [0.15, 0.2) is 0 Å². The molecule has 0 aromatic carbocycles. The minimum absolute atomic E-state index is 0.132. The number of rotatable bonds is 6. The van der Waals surface area contributed by atoms with Crippen molar-refractivity contribution in [2.45, 2.75) is 32.2 Å².